The Morgan fingerprint density at radius 2 is 2.38 bits per heavy atom. The fraction of sp³-hybridized carbons (Fsp3) is 1.00. The van der Waals surface area contributed by atoms with Crippen molar-refractivity contribution in [2.45, 2.75) is 19.4 Å². The van der Waals surface area contributed by atoms with Gasteiger partial charge in [0.15, 0.2) is 0 Å². The van der Waals surface area contributed by atoms with Crippen molar-refractivity contribution < 1.29 is 4.76 Å². The van der Waals surface area contributed by atoms with Crippen LogP contribution < -0.4 is 5.43 Å². The van der Waals surface area contributed by atoms with Crippen LogP contribution in [0.3, 0.4) is 0 Å². The smallest absolute Gasteiger partial charge is 0.0975 e. The second-order valence-electron chi connectivity index (χ2n) is 2.64. The molecule has 1 heterocycles. The average Bonchev–Trinajstić information content (AvgIpc) is 1.82. The first-order valence-corrected chi connectivity index (χ1v) is 2.94. The number of hydrogen-bond donors (Lipinski definition) is 1. The largest absolute Gasteiger partial charge is 0.612 e. The van der Waals surface area contributed by atoms with Gasteiger partial charge in [0.25, 0.3) is 0 Å². The molecule has 1 aliphatic rings. The van der Waals surface area contributed by atoms with Crippen molar-refractivity contribution in [3.05, 3.63) is 5.21 Å². The number of hydrogen-bond acceptors (Lipinski definition) is 2. The van der Waals surface area contributed by atoms with Crippen LogP contribution in [0, 0.1) is 5.21 Å². The summed E-state index contributed by atoms with van der Waals surface area (Å²) in [5.74, 6) is 0. The lowest BCUT2D eigenvalue weighted by molar-refractivity contribution is -0.893. The van der Waals surface area contributed by atoms with Gasteiger partial charge in [-0.25, -0.2) is 0 Å². The van der Waals surface area contributed by atoms with Gasteiger partial charge < -0.3 is 5.21 Å². The molecule has 1 saturated heterocycles. The Kier molecular flexibility index (Phi) is 1.27. The van der Waals surface area contributed by atoms with Gasteiger partial charge in [-0.15, -0.1) is 0 Å². The van der Waals surface area contributed by atoms with Crippen LogP contribution in [0.4, 0.5) is 0 Å². The molecule has 0 aliphatic carbocycles. The fourth-order valence-electron chi connectivity index (χ4n) is 1.04. The Morgan fingerprint density at radius 1 is 1.75 bits per heavy atom. The third-order valence-electron chi connectivity index (χ3n) is 1.48. The second kappa shape index (κ2) is 1.69. The van der Waals surface area contributed by atoms with E-state index in [1.165, 1.54) is 0 Å². The molecule has 0 saturated carbocycles. The lowest BCUT2D eigenvalue weighted by Crippen LogP contribution is -2.45. The van der Waals surface area contributed by atoms with Crippen molar-refractivity contribution in [1.29, 1.82) is 0 Å². The Labute approximate surface area is 49.4 Å². The van der Waals surface area contributed by atoms with Crippen LogP contribution in [-0.4, -0.2) is 24.4 Å². The molecule has 0 radical (unpaired) electrons. The SMILES string of the molecule is CC1CC[N+](C)([O-])N1. The first kappa shape index (κ1) is 6.01. The van der Waals surface area contributed by atoms with E-state index in [1.807, 2.05) is 6.92 Å². The zero-order chi connectivity index (χ0) is 6.20. The zero-order valence-electron chi connectivity index (χ0n) is 5.35. The highest BCUT2D eigenvalue weighted by Gasteiger charge is 2.22. The maximum Gasteiger partial charge on any atom is 0.0975 e. The standard InChI is InChI=1S/C5H12N2O/c1-5-3-4-7(2,8)6-5/h5-6H,3-4H2,1-2H3. The summed E-state index contributed by atoms with van der Waals surface area (Å²) < 4.78 is -0.263. The molecule has 1 rings (SSSR count). The van der Waals surface area contributed by atoms with Gasteiger partial charge in [0.2, 0.25) is 0 Å². The van der Waals surface area contributed by atoms with Crippen molar-refractivity contribution in [1.82, 2.24) is 5.43 Å². The number of nitrogens with one attached hydrogen (secondary N) is 1. The van der Waals surface area contributed by atoms with Crippen molar-refractivity contribution in [3.63, 3.8) is 0 Å². The highest BCUT2D eigenvalue weighted by Crippen LogP contribution is 2.08. The summed E-state index contributed by atoms with van der Waals surface area (Å²) in [7, 11) is 1.64. The molecule has 0 spiro atoms. The van der Waals surface area contributed by atoms with Crippen molar-refractivity contribution >= 4 is 0 Å². The Morgan fingerprint density at radius 3 is 2.50 bits per heavy atom. The molecule has 2 atom stereocenters. The van der Waals surface area contributed by atoms with E-state index in [4.69, 9.17) is 0 Å². The molecule has 0 aromatic rings. The van der Waals surface area contributed by atoms with Gasteiger partial charge in [0, 0.05) is 6.42 Å². The van der Waals surface area contributed by atoms with Crippen LogP contribution in [0.15, 0.2) is 0 Å². The van der Waals surface area contributed by atoms with Crippen LogP contribution in [-0.2, 0) is 0 Å². The van der Waals surface area contributed by atoms with Gasteiger partial charge in [0.1, 0.15) is 0 Å². The second-order valence-corrected chi connectivity index (χ2v) is 2.64. The van der Waals surface area contributed by atoms with E-state index in [0.29, 0.717) is 12.6 Å². The molecule has 0 aromatic carbocycles. The van der Waals surface area contributed by atoms with E-state index in [1.54, 1.807) is 7.05 Å². The summed E-state index contributed by atoms with van der Waals surface area (Å²) in [5.41, 5.74) is 2.88. The average molecular weight is 116 g/mol. The molecule has 1 N–H and O–H groups in total. The minimum absolute atomic E-state index is 0.263. The molecule has 0 aromatic heterocycles. The minimum atomic E-state index is -0.263. The van der Waals surface area contributed by atoms with Gasteiger partial charge in [-0.1, -0.05) is 0 Å². The summed E-state index contributed by atoms with van der Waals surface area (Å²) in [5, 5.41) is 10.9. The maximum atomic E-state index is 10.9. The zero-order valence-corrected chi connectivity index (χ0v) is 5.35. The van der Waals surface area contributed by atoms with Gasteiger partial charge >= 0.3 is 0 Å². The van der Waals surface area contributed by atoms with Gasteiger partial charge in [-0.05, 0) is 6.92 Å². The number of quaternary nitrogens is 1. The van der Waals surface area contributed by atoms with E-state index in [-0.39, 0.29) is 4.76 Å². The Bertz CT molecular complexity index is 92.4. The quantitative estimate of drug-likeness (QED) is 0.363. The molecular formula is C5H12N2O. The first-order chi connectivity index (χ1) is 3.60. The van der Waals surface area contributed by atoms with Crippen LogP contribution in [0.25, 0.3) is 0 Å². The van der Waals surface area contributed by atoms with Crippen molar-refractivity contribution in [3.8, 4) is 0 Å². The molecule has 1 fully saturated rings. The van der Waals surface area contributed by atoms with Gasteiger partial charge in [-0.2, -0.15) is 5.43 Å². The Hall–Kier alpha value is -0.120. The van der Waals surface area contributed by atoms with Crippen LogP contribution in [0.1, 0.15) is 13.3 Å². The third kappa shape index (κ3) is 1.18. The van der Waals surface area contributed by atoms with E-state index in [9.17, 15) is 5.21 Å². The molecule has 48 valence electrons. The lowest BCUT2D eigenvalue weighted by Gasteiger charge is -2.32. The molecular weight excluding hydrogens is 104 g/mol. The van der Waals surface area contributed by atoms with E-state index in [2.05, 4.69) is 5.43 Å². The predicted octanol–water partition coefficient (Wildman–Crippen LogP) is 0.228. The molecule has 1 aliphatic heterocycles. The van der Waals surface area contributed by atoms with Crippen molar-refractivity contribution in [2.75, 3.05) is 13.6 Å². The topological polar surface area (TPSA) is 35.1 Å². The summed E-state index contributed by atoms with van der Waals surface area (Å²) in [4.78, 5) is 0. The number of rotatable bonds is 0. The van der Waals surface area contributed by atoms with Crippen LogP contribution >= 0.6 is 0 Å². The Balaban J connectivity index is 2.44. The molecule has 3 nitrogen and oxygen atoms in total. The number of hydroxylamine groups is 2. The molecule has 0 amide bonds. The fourth-order valence-corrected chi connectivity index (χ4v) is 1.04. The lowest BCUT2D eigenvalue weighted by atomic mass is 10.3. The van der Waals surface area contributed by atoms with Crippen molar-refractivity contribution in [2.24, 2.45) is 0 Å². The number of nitrogens with zero attached hydrogens (tertiary/aromatic N) is 1. The monoisotopic (exact) mass is 116 g/mol. The van der Waals surface area contributed by atoms with Crippen LogP contribution in [0.2, 0.25) is 0 Å². The molecule has 2 unspecified atom stereocenters. The third-order valence-corrected chi connectivity index (χ3v) is 1.48. The van der Waals surface area contributed by atoms with Gasteiger partial charge in [0.05, 0.1) is 19.6 Å². The minimum Gasteiger partial charge on any atom is -0.612 e. The van der Waals surface area contributed by atoms with E-state index < -0.39 is 0 Å². The van der Waals surface area contributed by atoms with Gasteiger partial charge in [-0.3, -0.25) is 4.76 Å². The summed E-state index contributed by atoms with van der Waals surface area (Å²) >= 11 is 0. The van der Waals surface area contributed by atoms with E-state index >= 15 is 0 Å². The first-order valence-electron chi connectivity index (χ1n) is 2.94. The summed E-state index contributed by atoms with van der Waals surface area (Å²) in [6, 6.07) is 0.400. The molecule has 8 heavy (non-hydrogen) atoms. The highest BCUT2D eigenvalue weighted by molar-refractivity contribution is 4.60. The highest BCUT2D eigenvalue weighted by atomic mass is 16.6. The maximum absolute atomic E-state index is 10.9. The molecule has 0 bridgehead atoms. The van der Waals surface area contributed by atoms with E-state index in [0.717, 1.165) is 6.42 Å². The summed E-state index contributed by atoms with van der Waals surface area (Å²) in [6.45, 7) is 2.74. The molecule has 3 heteroatoms. The normalized spacial score (nSPS) is 47.6. The summed E-state index contributed by atoms with van der Waals surface area (Å²) in [6.07, 6.45) is 1.00. The van der Waals surface area contributed by atoms with Crippen LogP contribution in [0.5, 0.6) is 0 Å². The predicted molar refractivity (Wildman–Crippen MR) is 31.6 cm³/mol.